The fourth-order valence-electron chi connectivity index (χ4n) is 1.60. The van der Waals surface area contributed by atoms with Crippen LogP contribution >= 0.6 is 0 Å². The Kier molecular flexibility index (Phi) is 5.24. The Labute approximate surface area is 114 Å². The molecule has 0 unspecified atom stereocenters. The highest BCUT2D eigenvalue weighted by molar-refractivity contribution is 5.70. The molecule has 0 fully saturated rings. The average Bonchev–Trinajstić information content (AvgIpc) is 2.37. The van der Waals surface area contributed by atoms with Crippen LogP contribution in [0.25, 0.3) is 0 Å². The molecule has 0 aromatic heterocycles. The molecule has 0 N–H and O–H groups in total. The molecule has 0 amide bonds. The molecule has 20 heavy (non-hydrogen) atoms. The Morgan fingerprint density at radius 2 is 1.95 bits per heavy atom. The van der Waals surface area contributed by atoms with Crippen LogP contribution in [0.3, 0.4) is 0 Å². The summed E-state index contributed by atoms with van der Waals surface area (Å²) in [4.78, 5) is 11.0. The number of ether oxygens (including phenoxy) is 3. The van der Waals surface area contributed by atoms with E-state index in [1.807, 2.05) is 0 Å². The van der Waals surface area contributed by atoms with Crippen LogP contribution in [0.2, 0.25) is 0 Å². The highest BCUT2D eigenvalue weighted by atomic mass is 19.4. The van der Waals surface area contributed by atoms with Crippen molar-refractivity contribution in [3.63, 3.8) is 0 Å². The standard InChI is InChI=1S/C13H15F3O4/c1-4-9-5-10(19-7-12(17)18-3)6-11(8(9)2)20-13(14,15)16/h5-6H,4,7H2,1-3H3. The first-order chi connectivity index (χ1) is 9.26. The van der Waals surface area contributed by atoms with Crippen LogP contribution in [0, 0.1) is 6.92 Å². The lowest BCUT2D eigenvalue weighted by molar-refractivity contribution is -0.274. The third kappa shape index (κ3) is 4.64. The summed E-state index contributed by atoms with van der Waals surface area (Å²) in [5.74, 6) is -0.837. The molecule has 0 bridgehead atoms. The Morgan fingerprint density at radius 3 is 2.45 bits per heavy atom. The smallest absolute Gasteiger partial charge is 0.482 e. The Bertz CT molecular complexity index is 483. The quantitative estimate of drug-likeness (QED) is 0.783. The number of methoxy groups -OCH3 is 1. The van der Waals surface area contributed by atoms with Gasteiger partial charge in [0.2, 0.25) is 0 Å². The minimum Gasteiger partial charge on any atom is -0.482 e. The summed E-state index contributed by atoms with van der Waals surface area (Å²) < 4.78 is 50.4. The van der Waals surface area contributed by atoms with Crippen molar-refractivity contribution in [3.05, 3.63) is 23.3 Å². The molecule has 1 aromatic carbocycles. The van der Waals surface area contributed by atoms with Gasteiger partial charge in [-0.15, -0.1) is 13.2 Å². The van der Waals surface area contributed by atoms with E-state index in [0.29, 0.717) is 17.5 Å². The summed E-state index contributed by atoms with van der Waals surface area (Å²) in [5.41, 5.74) is 1.03. The summed E-state index contributed by atoms with van der Waals surface area (Å²) in [7, 11) is 1.19. The van der Waals surface area contributed by atoms with Crippen LogP contribution < -0.4 is 9.47 Å². The summed E-state index contributed by atoms with van der Waals surface area (Å²) in [6, 6.07) is 2.67. The maximum Gasteiger partial charge on any atom is 0.573 e. The first-order valence-corrected chi connectivity index (χ1v) is 5.85. The van der Waals surface area contributed by atoms with E-state index in [0.717, 1.165) is 6.07 Å². The number of carbonyl (C=O) groups excluding carboxylic acids is 1. The molecule has 0 saturated carbocycles. The first kappa shape index (κ1) is 16.1. The number of hydrogen-bond donors (Lipinski definition) is 0. The van der Waals surface area contributed by atoms with Crippen LogP contribution in [-0.4, -0.2) is 26.0 Å². The first-order valence-electron chi connectivity index (χ1n) is 5.85. The van der Waals surface area contributed by atoms with E-state index in [9.17, 15) is 18.0 Å². The summed E-state index contributed by atoms with van der Waals surface area (Å²) in [6.07, 6.45) is -4.27. The molecule has 0 aliphatic rings. The zero-order valence-corrected chi connectivity index (χ0v) is 11.3. The normalized spacial score (nSPS) is 11.1. The van der Waals surface area contributed by atoms with Gasteiger partial charge in [-0.3, -0.25) is 0 Å². The van der Waals surface area contributed by atoms with Crippen molar-refractivity contribution in [2.24, 2.45) is 0 Å². The number of hydrogen-bond acceptors (Lipinski definition) is 4. The number of aryl methyl sites for hydroxylation is 1. The zero-order chi connectivity index (χ0) is 15.3. The Hall–Kier alpha value is -1.92. The van der Waals surface area contributed by atoms with Gasteiger partial charge < -0.3 is 14.2 Å². The van der Waals surface area contributed by atoms with E-state index in [1.165, 1.54) is 14.0 Å². The minimum atomic E-state index is -4.78. The predicted molar refractivity (Wildman–Crippen MR) is 64.8 cm³/mol. The van der Waals surface area contributed by atoms with E-state index >= 15 is 0 Å². The Balaban J connectivity index is 3.01. The van der Waals surface area contributed by atoms with Gasteiger partial charge in [0.25, 0.3) is 0 Å². The fraction of sp³-hybridized carbons (Fsp3) is 0.462. The molecule has 1 rings (SSSR count). The van der Waals surface area contributed by atoms with Gasteiger partial charge in [-0.2, -0.15) is 0 Å². The molecule has 0 aliphatic carbocycles. The van der Waals surface area contributed by atoms with E-state index in [2.05, 4.69) is 9.47 Å². The van der Waals surface area contributed by atoms with Gasteiger partial charge in [0.05, 0.1) is 7.11 Å². The predicted octanol–water partition coefficient (Wildman–Crippen LogP) is 3.01. The fourth-order valence-corrected chi connectivity index (χ4v) is 1.60. The van der Waals surface area contributed by atoms with Crippen LogP contribution in [0.4, 0.5) is 13.2 Å². The van der Waals surface area contributed by atoms with E-state index in [4.69, 9.17) is 4.74 Å². The van der Waals surface area contributed by atoms with Crippen molar-refractivity contribution in [1.29, 1.82) is 0 Å². The van der Waals surface area contributed by atoms with E-state index in [-0.39, 0.29) is 18.1 Å². The molecule has 0 spiro atoms. The van der Waals surface area contributed by atoms with Crippen LogP contribution in [0.1, 0.15) is 18.1 Å². The lowest BCUT2D eigenvalue weighted by atomic mass is 10.1. The second-order valence-corrected chi connectivity index (χ2v) is 3.97. The molecule has 0 radical (unpaired) electrons. The third-order valence-electron chi connectivity index (χ3n) is 2.63. The van der Waals surface area contributed by atoms with Gasteiger partial charge in [-0.25, -0.2) is 4.79 Å². The third-order valence-corrected chi connectivity index (χ3v) is 2.63. The van der Waals surface area contributed by atoms with Crippen molar-refractivity contribution >= 4 is 5.97 Å². The zero-order valence-electron chi connectivity index (χ0n) is 11.3. The SMILES string of the molecule is CCc1cc(OCC(=O)OC)cc(OC(F)(F)F)c1C. The molecule has 112 valence electrons. The largest absolute Gasteiger partial charge is 0.573 e. The molecule has 0 atom stereocenters. The van der Waals surface area contributed by atoms with Crippen molar-refractivity contribution in [1.82, 2.24) is 0 Å². The van der Waals surface area contributed by atoms with Crippen LogP contribution in [0.15, 0.2) is 12.1 Å². The van der Waals surface area contributed by atoms with Gasteiger partial charge in [-0.1, -0.05) is 6.92 Å². The lowest BCUT2D eigenvalue weighted by Crippen LogP contribution is -2.18. The van der Waals surface area contributed by atoms with Crippen molar-refractivity contribution < 1.29 is 32.2 Å². The molecular weight excluding hydrogens is 277 g/mol. The second-order valence-electron chi connectivity index (χ2n) is 3.97. The monoisotopic (exact) mass is 292 g/mol. The number of esters is 1. The molecule has 0 aliphatic heterocycles. The van der Waals surface area contributed by atoms with Crippen molar-refractivity contribution in [3.8, 4) is 11.5 Å². The van der Waals surface area contributed by atoms with E-state index in [1.54, 1.807) is 13.0 Å². The number of rotatable bonds is 5. The van der Waals surface area contributed by atoms with Gasteiger partial charge in [0.1, 0.15) is 11.5 Å². The van der Waals surface area contributed by atoms with Gasteiger partial charge in [0, 0.05) is 6.07 Å². The van der Waals surface area contributed by atoms with E-state index < -0.39 is 12.3 Å². The summed E-state index contributed by atoms with van der Waals surface area (Å²) in [6.45, 7) is 2.95. The summed E-state index contributed by atoms with van der Waals surface area (Å²) in [5, 5.41) is 0. The summed E-state index contributed by atoms with van der Waals surface area (Å²) >= 11 is 0. The number of halogens is 3. The highest BCUT2D eigenvalue weighted by Crippen LogP contribution is 2.32. The average molecular weight is 292 g/mol. The molecule has 7 heteroatoms. The van der Waals surface area contributed by atoms with Gasteiger partial charge in [0.15, 0.2) is 6.61 Å². The molecule has 0 heterocycles. The van der Waals surface area contributed by atoms with Crippen LogP contribution in [0.5, 0.6) is 11.5 Å². The second kappa shape index (κ2) is 6.49. The van der Waals surface area contributed by atoms with Crippen molar-refractivity contribution in [2.75, 3.05) is 13.7 Å². The minimum absolute atomic E-state index is 0.122. The Morgan fingerprint density at radius 1 is 1.30 bits per heavy atom. The number of benzene rings is 1. The maximum atomic E-state index is 12.3. The molecule has 4 nitrogen and oxygen atoms in total. The highest BCUT2D eigenvalue weighted by Gasteiger charge is 2.32. The van der Waals surface area contributed by atoms with Gasteiger partial charge >= 0.3 is 12.3 Å². The molecule has 1 aromatic rings. The number of carbonyl (C=O) groups is 1. The topological polar surface area (TPSA) is 44.8 Å². The van der Waals surface area contributed by atoms with Crippen molar-refractivity contribution in [2.45, 2.75) is 26.6 Å². The maximum absolute atomic E-state index is 12.3. The molecule has 0 saturated heterocycles. The number of alkyl halides is 3. The lowest BCUT2D eigenvalue weighted by Gasteiger charge is -2.16. The van der Waals surface area contributed by atoms with Gasteiger partial charge in [-0.05, 0) is 30.5 Å². The van der Waals surface area contributed by atoms with Crippen LogP contribution in [-0.2, 0) is 16.0 Å². The molecular formula is C13H15F3O4.